The van der Waals surface area contributed by atoms with Gasteiger partial charge >= 0.3 is 0 Å². The second-order valence-corrected chi connectivity index (χ2v) is 4.72. The average molecular weight is 300 g/mol. The van der Waals surface area contributed by atoms with Crippen molar-refractivity contribution in [1.29, 1.82) is 5.26 Å². The first-order valence-corrected chi connectivity index (χ1v) is 6.86. The maximum atomic E-state index is 9.69. The minimum Gasteiger partial charge on any atom is -0.504 e. The molecule has 2 aromatic carbocycles. The molecule has 0 atom stereocenters. The van der Waals surface area contributed by atoms with E-state index in [0.29, 0.717) is 28.5 Å². The van der Waals surface area contributed by atoms with Gasteiger partial charge in [-0.1, -0.05) is 35.9 Å². The van der Waals surface area contributed by atoms with Crippen LogP contribution in [0.4, 0.5) is 0 Å². The van der Waals surface area contributed by atoms with Crippen molar-refractivity contribution in [2.24, 2.45) is 0 Å². The standard InChI is InChI=1S/C17H14ClNO2/c1-2-21-17-10-12(7-8-16(17)20)9-13(11-19)14-5-3-4-6-15(14)18/h3-10,20H,2H2,1H3. The second kappa shape index (κ2) is 6.83. The van der Waals surface area contributed by atoms with Crippen molar-refractivity contribution >= 4 is 23.3 Å². The molecule has 0 heterocycles. The molecule has 106 valence electrons. The van der Waals surface area contributed by atoms with E-state index >= 15 is 0 Å². The van der Waals surface area contributed by atoms with Crippen LogP contribution < -0.4 is 4.74 Å². The Morgan fingerprint density at radius 2 is 2.10 bits per heavy atom. The smallest absolute Gasteiger partial charge is 0.161 e. The van der Waals surface area contributed by atoms with Crippen LogP contribution in [0.25, 0.3) is 11.6 Å². The fraction of sp³-hybridized carbons (Fsp3) is 0.118. The van der Waals surface area contributed by atoms with Gasteiger partial charge in [0.2, 0.25) is 0 Å². The third-order valence-electron chi connectivity index (χ3n) is 2.88. The largest absolute Gasteiger partial charge is 0.504 e. The van der Waals surface area contributed by atoms with Gasteiger partial charge in [-0.15, -0.1) is 0 Å². The van der Waals surface area contributed by atoms with E-state index in [1.54, 1.807) is 36.4 Å². The number of halogens is 1. The van der Waals surface area contributed by atoms with Crippen LogP contribution in [0.3, 0.4) is 0 Å². The lowest BCUT2D eigenvalue weighted by Gasteiger charge is -2.07. The average Bonchev–Trinajstić information content (AvgIpc) is 2.49. The van der Waals surface area contributed by atoms with Gasteiger partial charge in [-0.05, 0) is 36.8 Å². The van der Waals surface area contributed by atoms with E-state index in [2.05, 4.69) is 6.07 Å². The minimum absolute atomic E-state index is 0.0743. The lowest BCUT2D eigenvalue weighted by atomic mass is 10.0. The predicted octanol–water partition coefficient (Wildman–Crippen LogP) is 4.51. The Labute approximate surface area is 128 Å². The molecule has 21 heavy (non-hydrogen) atoms. The highest BCUT2D eigenvalue weighted by atomic mass is 35.5. The summed E-state index contributed by atoms with van der Waals surface area (Å²) in [5, 5.41) is 19.5. The van der Waals surface area contributed by atoms with Gasteiger partial charge in [0.15, 0.2) is 11.5 Å². The van der Waals surface area contributed by atoms with Gasteiger partial charge in [0, 0.05) is 10.6 Å². The number of aromatic hydroxyl groups is 1. The van der Waals surface area contributed by atoms with E-state index in [9.17, 15) is 10.4 Å². The molecule has 0 unspecified atom stereocenters. The summed E-state index contributed by atoms with van der Waals surface area (Å²) in [6, 6.07) is 14.3. The minimum atomic E-state index is 0.0743. The molecule has 0 amide bonds. The third kappa shape index (κ3) is 3.56. The van der Waals surface area contributed by atoms with Gasteiger partial charge in [0.25, 0.3) is 0 Å². The normalized spacial score (nSPS) is 11.0. The van der Waals surface area contributed by atoms with Crippen LogP contribution >= 0.6 is 11.6 Å². The summed E-state index contributed by atoms with van der Waals surface area (Å²) in [6.45, 7) is 2.29. The first-order valence-electron chi connectivity index (χ1n) is 6.48. The molecule has 4 heteroatoms. The van der Waals surface area contributed by atoms with Crippen molar-refractivity contribution in [1.82, 2.24) is 0 Å². The van der Waals surface area contributed by atoms with Crippen LogP contribution in [-0.2, 0) is 0 Å². The van der Waals surface area contributed by atoms with E-state index in [0.717, 1.165) is 5.56 Å². The van der Waals surface area contributed by atoms with Gasteiger partial charge in [0.05, 0.1) is 18.2 Å². The molecule has 0 aliphatic carbocycles. The quantitative estimate of drug-likeness (QED) is 0.667. The van der Waals surface area contributed by atoms with Crippen LogP contribution in [0.15, 0.2) is 42.5 Å². The summed E-state index contributed by atoms with van der Waals surface area (Å²) in [7, 11) is 0. The third-order valence-corrected chi connectivity index (χ3v) is 3.21. The molecule has 0 fully saturated rings. The molecule has 0 bridgehead atoms. The van der Waals surface area contributed by atoms with E-state index in [4.69, 9.17) is 16.3 Å². The van der Waals surface area contributed by atoms with Crippen molar-refractivity contribution in [3.8, 4) is 17.6 Å². The molecule has 0 saturated carbocycles. The van der Waals surface area contributed by atoms with Crippen LogP contribution in [-0.4, -0.2) is 11.7 Å². The number of phenols is 1. The highest BCUT2D eigenvalue weighted by Crippen LogP contribution is 2.30. The van der Waals surface area contributed by atoms with E-state index in [1.807, 2.05) is 19.1 Å². The predicted molar refractivity (Wildman–Crippen MR) is 84.2 cm³/mol. The maximum Gasteiger partial charge on any atom is 0.161 e. The summed E-state index contributed by atoms with van der Waals surface area (Å²) in [4.78, 5) is 0. The SMILES string of the molecule is CCOc1cc(C=C(C#N)c2ccccc2Cl)ccc1O. The van der Waals surface area contributed by atoms with Gasteiger partial charge in [-0.25, -0.2) is 0 Å². The Bertz CT molecular complexity index is 717. The second-order valence-electron chi connectivity index (χ2n) is 4.31. The molecule has 1 N–H and O–H groups in total. The van der Waals surface area contributed by atoms with E-state index < -0.39 is 0 Å². The maximum absolute atomic E-state index is 9.69. The zero-order chi connectivity index (χ0) is 15.2. The van der Waals surface area contributed by atoms with E-state index in [-0.39, 0.29) is 5.75 Å². The van der Waals surface area contributed by atoms with Crippen LogP contribution in [0.5, 0.6) is 11.5 Å². The van der Waals surface area contributed by atoms with Crippen molar-refractivity contribution in [2.45, 2.75) is 6.92 Å². The van der Waals surface area contributed by atoms with Crippen molar-refractivity contribution < 1.29 is 9.84 Å². The van der Waals surface area contributed by atoms with Crippen LogP contribution in [0, 0.1) is 11.3 Å². The van der Waals surface area contributed by atoms with Gasteiger partial charge in [0.1, 0.15) is 0 Å². The number of allylic oxidation sites excluding steroid dienone is 1. The Kier molecular flexibility index (Phi) is 4.86. The molecule has 2 aromatic rings. The summed E-state index contributed by atoms with van der Waals surface area (Å²) >= 11 is 6.11. The number of nitrogens with zero attached hydrogens (tertiary/aromatic N) is 1. The highest BCUT2D eigenvalue weighted by molar-refractivity contribution is 6.32. The fourth-order valence-electron chi connectivity index (χ4n) is 1.91. The zero-order valence-electron chi connectivity index (χ0n) is 11.5. The van der Waals surface area contributed by atoms with Gasteiger partial charge in [-0.2, -0.15) is 5.26 Å². The molecule has 0 radical (unpaired) electrons. The van der Waals surface area contributed by atoms with Crippen molar-refractivity contribution in [2.75, 3.05) is 6.61 Å². The molecule has 0 aliphatic heterocycles. The number of hydrogen-bond donors (Lipinski definition) is 1. The molecule has 0 aromatic heterocycles. The van der Waals surface area contributed by atoms with Crippen molar-refractivity contribution in [3.05, 3.63) is 58.6 Å². The Morgan fingerprint density at radius 3 is 2.76 bits per heavy atom. The Balaban J connectivity index is 2.44. The van der Waals surface area contributed by atoms with Crippen molar-refractivity contribution in [3.63, 3.8) is 0 Å². The summed E-state index contributed by atoms with van der Waals surface area (Å²) in [5.41, 5.74) is 1.88. The number of nitriles is 1. The van der Waals surface area contributed by atoms with Gasteiger partial charge < -0.3 is 9.84 Å². The highest BCUT2D eigenvalue weighted by Gasteiger charge is 2.07. The summed E-state index contributed by atoms with van der Waals surface area (Å²) in [5.74, 6) is 0.466. The molecule has 2 rings (SSSR count). The lowest BCUT2D eigenvalue weighted by Crippen LogP contribution is -1.92. The first-order chi connectivity index (χ1) is 10.2. The fourth-order valence-corrected chi connectivity index (χ4v) is 2.15. The number of hydrogen-bond acceptors (Lipinski definition) is 3. The lowest BCUT2D eigenvalue weighted by molar-refractivity contribution is 0.318. The van der Waals surface area contributed by atoms with Gasteiger partial charge in [-0.3, -0.25) is 0 Å². The zero-order valence-corrected chi connectivity index (χ0v) is 12.3. The summed E-state index contributed by atoms with van der Waals surface area (Å²) < 4.78 is 5.33. The van der Waals surface area contributed by atoms with Crippen LogP contribution in [0.1, 0.15) is 18.1 Å². The molecular weight excluding hydrogens is 286 g/mol. The van der Waals surface area contributed by atoms with E-state index in [1.165, 1.54) is 0 Å². The Hall–Kier alpha value is -2.44. The summed E-state index contributed by atoms with van der Waals surface area (Å²) in [6.07, 6.45) is 1.71. The molecular formula is C17H14ClNO2. The number of phenolic OH excluding ortho intramolecular Hbond substituents is 1. The molecule has 0 spiro atoms. The Morgan fingerprint density at radius 1 is 1.33 bits per heavy atom. The molecule has 0 saturated heterocycles. The number of rotatable bonds is 4. The topological polar surface area (TPSA) is 53.2 Å². The van der Waals surface area contributed by atoms with Crippen LogP contribution in [0.2, 0.25) is 5.02 Å². The molecule has 3 nitrogen and oxygen atoms in total. The molecule has 0 aliphatic rings. The number of benzene rings is 2. The first kappa shape index (κ1) is 15.0. The number of ether oxygens (including phenoxy) is 1. The monoisotopic (exact) mass is 299 g/mol.